The monoisotopic (exact) mass is 225 g/mol. The molecule has 0 saturated heterocycles. The van der Waals surface area contributed by atoms with Crippen LogP contribution in [0.1, 0.15) is 46.0 Å². The van der Waals surface area contributed by atoms with Gasteiger partial charge >= 0.3 is 0 Å². The molecule has 1 saturated carbocycles. The predicted molar refractivity (Wildman–Crippen MR) is 64.4 cm³/mol. The van der Waals surface area contributed by atoms with Crippen LogP contribution < -0.4 is 4.90 Å². The lowest BCUT2D eigenvalue weighted by molar-refractivity contribution is 0.397. The number of hydrogen-bond donors (Lipinski definition) is 0. The molecule has 0 aromatic carbocycles. The maximum Gasteiger partial charge on any atom is 0.208 e. The van der Waals surface area contributed by atoms with Gasteiger partial charge in [0, 0.05) is 12.1 Å². The van der Waals surface area contributed by atoms with Gasteiger partial charge < -0.3 is 4.90 Å². The Hall–Kier alpha value is -0.640. The van der Waals surface area contributed by atoms with Crippen molar-refractivity contribution in [3.8, 4) is 0 Å². The molecule has 0 amide bonds. The van der Waals surface area contributed by atoms with Crippen molar-refractivity contribution >= 4 is 16.5 Å². The van der Waals surface area contributed by atoms with Crippen LogP contribution in [0, 0.1) is 0 Å². The SMILES string of the molecule is CC(C)N(c1nncs1)C1CCCCC1. The van der Waals surface area contributed by atoms with Gasteiger partial charge in [-0.1, -0.05) is 30.6 Å². The number of anilines is 1. The van der Waals surface area contributed by atoms with Gasteiger partial charge in [-0.05, 0) is 26.7 Å². The van der Waals surface area contributed by atoms with E-state index in [1.165, 1.54) is 32.1 Å². The van der Waals surface area contributed by atoms with Gasteiger partial charge in [0.2, 0.25) is 5.13 Å². The molecular formula is C11H19N3S. The van der Waals surface area contributed by atoms with Crippen molar-refractivity contribution in [2.24, 2.45) is 0 Å². The molecule has 0 unspecified atom stereocenters. The average molecular weight is 225 g/mol. The van der Waals surface area contributed by atoms with Gasteiger partial charge in [-0.25, -0.2) is 0 Å². The van der Waals surface area contributed by atoms with Gasteiger partial charge in [-0.2, -0.15) is 0 Å². The molecule has 1 heterocycles. The molecule has 0 N–H and O–H groups in total. The normalized spacial score (nSPS) is 18.3. The third-order valence-corrected chi connectivity index (χ3v) is 3.80. The van der Waals surface area contributed by atoms with Crippen LogP contribution in [0.15, 0.2) is 5.51 Å². The molecule has 84 valence electrons. The molecule has 1 aromatic rings. The first-order chi connectivity index (χ1) is 7.29. The van der Waals surface area contributed by atoms with Crippen molar-refractivity contribution in [3.63, 3.8) is 0 Å². The Kier molecular flexibility index (Phi) is 3.57. The molecule has 0 radical (unpaired) electrons. The lowest BCUT2D eigenvalue weighted by Crippen LogP contribution is -2.41. The fourth-order valence-corrected chi connectivity index (χ4v) is 3.20. The number of aromatic nitrogens is 2. The van der Waals surface area contributed by atoms with Crippen LogP contribution in [0.2, 0.25) is 0 Å². The molecule has 15 heavy (non-hydrogen) atoms. The van der Waals surface area contributed by atoms with E-state index in [1.807, 2.05) is 5.51 Å². The zero-order valence-corrected chi connectivity index (χ0v) is 10.3. The van der Waals surface area contributed by atoms with E-state index in [1.54, 1.807) is 11.3 Å². The standard InChI is InChI=1S/C11H19N3S/c1-9(2)14(11-13-12-8-15-11)10-6-4-3-5-7-10/h8-10H,3-7H2,1-2H3. The van der Waals surface area contributed by atoms with Crippen LogP contribution in [-0.2, 0) is 0 Å². The zero-order chi connectivity index (χ0) is 10.7. The Morgan fingerprint density at radius 2 is 2.07 bits per heavy atom. The zero-order valence-electron chi connectivity index (χ0n) is 9.52. The van der Waals surface area contributed by atoms with E-state index in [-0.39, 0.29) is 0 Å². The molecule has 3 nitrogen and oxygen atoms in total. The van der Waals surface area contributed by atoms with Crippen molar-refractivity contribution in [2.75, 3.05) is 4.90 Å². The highest BCUT2D eigenvalue weighted by atomic mass is 32.1. The van der Waals surface area contributed by atoms with E-state index >= 15 is 0 Å². The maximum absolute atomic E-state index is 4.21. The summed E-state index contributed by atoms with van der Waals surface area (Å²) < 4.78 is 0. The average Bonchev–Trinajstić information content (AvgIpc) is 2.72. The van der Waals surface area contributed by atoms with Crippen LogP contribution in [0.25, 0.3) is 0 Å². The second-order valence-corrected chi connectivity index (χ2v) is 5.33. The molecule has 0 spiro atoms. The summed E-state index contributed by atoms with van der Waals surface area (Å²) >= 11 is 1.66. The second-order valence-electron chi connectivity index (χ2n) is 4.51. The summed E-state index contributed by atoms with van der Waals surface area (Å²) in [5.74, 6) is 0. The minimum atomic E-state index is 0.529. The van der Waals surface area contributed by atoms with Gasteiger partial charge in [-0.3, -0.25) is 0 Å². The van der Waals surface area contributed by atoms with Crippen molar-refractivity contribution in [3.05, 3.63) is 5.51 Å². The lowest BCUT2D eigenvalue weighted by atomic mass is 9.94. The third-order valence-electron chi connectivity index (χ3n) is 3.09. The molecule has 1 aromatic heterocycles. The summed E-state index contributed by atoms with van der Waals surface area (Å²) in [6.45, 7) is 4.49. The van der Waals surface area contributed by atoms with Crippen LogP contribution in [-0.4, -0.2) is 22.3 Å². The van der Waals surface area contributed by atoms with Crippen molar-refractivity contribution in [1.29, 1.82) is 0 Å². The molecule has 1 fully saturated rings. The lowest BCUT2D eigenvalue weighted by Gasteiger charge is -2.36. The minimum absolute atomic E-state index is 0.529. The first-order valence-electron chi connectivity index (χ1n) is 5.83. The molecule has 0 aliphatic heterocycles. The molecule has 4 heteroatoms. The van der Waals surface area contributed by atoms with Gasteiger partial charge in [0.1, 0.15) is 5.51 Å². The molecule has 2 rings (SSSR count). The number of rotatable bonds is 3. The van der Waals surface area contributed by atoms with Crippen LogP contribution in [0.3, 0.4) is 0 Å². The number of hydrogen-bond acceptors (Lipinski definition) is 4. The number of nitrogens with zero attached hydrogens (tertiary/aromatic N) is 3. The van der Waals surface area contributed by atoms with Crippen molar-refractivity contribution < 1.29 is 0 Å². The summed E-state index contributed by atoms with van der Waals surface area (Å²) in [6.07, 6.45) is 6.77. The van der Waals surface area contributed by atoms with Gasteiger partial charge in [0.05, 0.1) is 0 Å². The van der Waals surface area contributed by atoms with Gasteiger partial charge in [0.15, 0.2) is 0 Å². The Morgan fingerprint density at radius 1 is 1.33 bits per heavy atom. The predicted octanol–water partition coefficient (Wildman–Crippen LogP) is 3.09. The molecule has 0 atom stereocenters. The van der Waals surface area contributed by atoms with E-state index in [9.17, 15) is 0 Å². The summed E-state index contributed by atoms with van der Waals surface area (Å²) in [5, 5.41) is 9.25. The second kappa shape index (κ2) is 4.92. The van der Waals surface area contributed by atoms with Gasteiger partial charge in [0.25, 0.3) is 0 Å². The molecule has 1 aliphatic carbocycles. The quantitative estimate of drug-likeness (QED) is 0.791. The van der Waals surface area contributed by atoms with E-state index in [2.05, 4.69) is 28.9 Å². The topological polar surface area (TPSA) is 29.0 Å². The van der Waals surface area contributed by atoms with Crippen LogP contribution in [0.4, 0.5) is 5.13 Å². The molecule has 1 aliphatic rings. The molecule has 0 bridgehead atoms. The maximum atomic E-state index is 4.21. The highest BCUT2D eigenvalue weighted by Crippen LogP contribution is 2.29. The minimum Gasteiger partial charge on any atom is -0.341 e. The Morgan fingerprint density at radius 3 is 2.60 bits per heavy atom. The van der Waals surface area contributed by atoms with Gasteiger partial charge in [-0.15, -0.1) is 10.2 Å². The van der Waals surface area contributed by atoms with E-state index < -0.39 is 0 Å². The summed E-state index contributed by atoms with van der Waals surface area (Å²) in [5.41, 5.74) is 1.83. The molecular weight excluding hydrogens is 206 g/mol. The van der Waals surface area contributed by atoms with E-state index in [0.717, 1.165) is 5.13 Å². The fourth-order valence-electron chi connectivity index (χ4n) is 2.44. The highest BCUT2D eigenvalue weighted by molar-refractivity contribution is 7.13. The first-order valence-corrected chi connectivity index (χ1v) is 6.71. The summed E-state index contributed by atoms with van der Waals surface area (Å²) in [7, 11) is 0. The van der Waals surface area contributed by atoms with Crippen molar-refractivity contribution in [2.45, 2.75) is 58.0 Å². The van der Waals surface area contributed by atoms with Crippen molar-refractivity contribution in [1.82, 2.24) is 10.2 Å². The van der Waals surface area contributed by atoms with Crippen LogP contribution >= 0.6 is 11.3 Å². The Labute approximate surface area is 95.5 Å². The van der Waals surface area contributed by atoms with E-state index in [4.69, 9.17) is 0 Å². The van der Waals surface area contributed by atoms with E-state index in [0.29, 0.717) is 12.1 Å². The highest BCUT2D eigenvalue weighted by Gasteiger charge is 2.25. The smallest absolute Gasteiger partial charge is 0.208 e. The summed E-state index contributed by atoms with van der Waals surface area (Å²) in [4.78, 5) is 2.46. The Balaban J connectivity index is 2.12. The fraction of sp³-hybridized carbons (Fsp3) is 0.818. The van der Waals surface area contributed by atoms with Crippen LogP contribution in [0.5, 0.6) is 0 Å². The summed E-state index contributed by atoms with van der Waals surface area (Å²) in [6, 6.07) is 1.22. The first kappa shape index (κ1) is 10.9. The largest absolute Gasteiger partial charge is 0.341 e. The Bertz CT molecular complexity index is 278. The third kappa shape index (κ3) is 2.48.